The summed E-state index contributed by atoms with van der Waals surface area (Å²) in [6.07, 6.45) is 3.09. The molecule has 82 valence electrons. The highest BCUT2D eigenvalue weighted by Crippen LogP contribution is 2.14. The molecular formula is C10H20N2O2. The van der Waals surface area contributed by atoms with Crippen LogP contribution in [-0.2, 0) is 4.79 Å². The summed E-state index contributed by atoms with van der Waals surface area (Å²) in [6.45, 7) is 4.13. The number of aliphatic carboxylic acids is 1. The zero-order valence-corrected chi connectivity index (χ0v) is 8.78. The molecule has 0 radical (unpaired) electrons. The topological polar surface area (TPSA) is 66.6 Å². The summed E-state index contributed by atoms with van der Waals surface area (Å²) in [5.74, 6) is -0.703. The van der Waals surface area contributed by atoms with Crippen LogP contribution in [-0.4, -0.2) is 41.1 Å². The molecule has 0 aliphatic carbocycles. The molecule has 0 amide bonds. The SMILES string of the molecule is CC(CCC(=O)O)N1CCC(N)CC1. The second-order valence-electron chi connectivity index (χ2n) is 4.15. The Balaban J connectivity index is 2.23. The van der Waals surface area contributed by atoms with Crippen molar-refractivity contribution in [1.82, 2.24) is 4.90 Å². The first kappa shape index (κ1) is 11.5. The van der Waals surface area contributed by atoms with Gasteiger partial charge in [-0.05, 0) is 39.3 Å². The first-order valence-electron chi connectivity index (χ1n) is 5.31. The quantitative estimate of drug-likeness (QED) is 0.699. The Morgan fingerprint density at radius 1 is 1.57 bits per heavy atom. The van der Waals surface area contributed by atoms with Gasteiger partial charge in [0.2, 0.25) is 0 Å². The minimum absolute atomic E-state index is 0.268. The molecule has 0 bridgehead atoms. The van der Waals surface area contributed by atoms with Crippen LogP contribution >= 0.6 is 0 Å². The second-order valence-corrected chi connectivity index (χ2v) is 4.15. The molecule has 1 fully saturated rings. The Hall–Kier alpha value is -0.610. The molecule has 1 heterocycles. The maximum absolute atomic E-state index is 10.4. The van der Waals surface area contributed by atoms with E-state index >= 15 is 0 Å². The third kappa shape index (κ3) is 3.64. The number of hydrogen-bond donors (Lipinski definition) is 2. The zero-order chi connectivity index (χ0) is 10.6. The molecule has 0 aromatic carbocycles. The van der Waals surface area contributed by atoms with Crippen molar-refractivity contribution in [2.45, 2.75) is 44.7 Å². The van der Waals surface area contributed by atoms with Crippen molar-refractivity contribution < 1.29 is 9.90 Å². The Kier molecular flexibility index (Phi) is 4.35. The fraction of sp³-hybridized carbons (Fsp3) is 0.900. The molecule has 1 rings (SSSR count). The Morgan fingerprint density at radius 2 is 2.14 bits per heavy atom. The minimum atomic E-state index is -0.703. The number of carboxylic acids is 1. The highest BCUT2D eigenvalue weighted by atomic mass is 16.4. The number of piperidine rings is 1. The van der Waals surface area contributed by atoms with Gasteiger partial charge in [-0.25, -0.2) is 0 Å². The second kappa shape index (κ2) is 5.32. The summed E-state index contributed by atoms with van der Waals surface area (Å²) in [6, 6.07) is 0.719. The molecule has 0 aromatic rings. The first-order valence-corrected chi connectivity index (χ1v) is 5.31. The van der Waals surface area contributed by atoms with E-state index in [1.165, 1.54) is 0 Å². The zero-order valence-electron chi connectivity index (χ0n) is 8.78. The van der Waals surface area contributed by atoms with Gasteiger partial charge >= 0.3 is 5.97 Å². The van der Waals surface area contributed by atoms with Gasteiger partial charge in [-0.2, -0.15) is 0 Å². The van der Waals surface area contributed by atoms with Crippen molar-refractivity contribution in [2.75, 3.05) is 13.1 Å². The molecule has 1 unspecified atom stereocenters. The van der Waals surface area contributed by atoms with Gasteiger partial charge in [-0.3, -0.25) is 4.79 Å². The standard InChI is InChI=1S/C10H20N2O2/c1-8(2-3-10(13)14)12-6-4-9(11)5-7-12/h8-9H,2-7,11H2,1H3,(H,13,14). The summed E-state index contributed by atoms with van der Waals surface area (Å²) in [4.78, 5) is 12.7. The summed E-state index contributed by atoms with van der Waals surface area (Å²) < 4.78 is 0. The molecule has 1 aliphatic rings. The molecule has 4 nitrogen and oxygen atoms in total. The average Bonchev–Trinajstić information content (AvgIpc) is 2.15. The van der Waals surface area contributed by atoms with Crippen LogP contribution in [0.1, 0.15) is 32.6 Å². The molecule has 1 saturated heterocycles. The Labute approximate surface area is 85.1 Å². The van der Waals surface area contributed by atoms with Crippen molar-refractivity contribution >= 4 is 5.97 Å². The average molecular weight is 200 g/mol. The number of rotatable bonds is 4. The van der Waals surface area contributed by atoms with E-state index in [9.17, 15) is 4.79 Å². The lowest BCUT2D eigenvalue weighted by Crippen LogP contribution is -2.44. The predicted octanol–water partition coefficient (Wildman–Crippen LogP) is 0.663. The highest BCUT2D eigenvalue weighted by Gasteiger charge is 2.20. The Bertz CT molecular complexity index is 189. The van der Waals surface area contributed by atoms with Gasteiger partial charge in [0, 0.05) is 18.5 Å². The number of hydrogen-bond acceptors (Lipinski definition) is 3. The maximum atomic E-state index is 10.4. The lowest BCUT2D eigenvalue weighted by molar-refractivity contribution is -0.137. The smallest absolute Gasteiger partial charge is 0.303 e. The Morgan fingerprint density at radius 3 is 2.64 bits per heavy atom. The lowest BCUT2D eigenvalue weighted by atomic mass is 10.0. The third-order valence-corrected chi connectivity index (χ3v) is 2.97. The number of carboxylic acid groups (broad SMARTS) is 1. The summed E-state index contributed by atoms with van der Waals surface area (Å²) >= 11 is 0. The predicted molar refractivity (Wildman–Crippen MR) is 55.1 cm³/mol. The van der Waals surface area contributed by atoms with E-state index in [4.69, 9.17) is 10.8 Å². The van der Waals surface area contributed by atoms with Gasteiger partial charge in [0.05, 0.1) is 0 Å². The van der Waals surface area contributed by atoms with Gasteiger partial charge in [0.15, 0.2) is 0 Å². The molecule has 1 atom stereocenters. The molecule has 3 N–H and O–H groups in total. The first-order chi connectivity index (χ1) is 6.59. The molecular weight excluding hydrogens is 180 g/mol. The molecule has 4 heteroatoms. The molecule has 0 spiro atoms. The van der Waals surface area contributed by atoms with Crippen LogP contribution in [0.2, 0.25) is 0 Å². The van der Waals surface area contributed by atoms with Gasteiger partial charge in [-0.1, -0.05) is 0 Å². The van der Waals surface area contributed by atoms with Crippen LogP contribution < -0.4 is 5.73 Å². The number of likely N-dealkylation sites (tertiary alicyclic amines) is 1. The molecule has 0 aromatic heterocycles. The van der Waals surface area contributed by atoms with Crippen LogP contribution in [0.4, 0.5) is 0 Å². The van der Waals surface area contributed by atoms with E-state index in [0.29, 0.717) is 12.1 Å². The van der Waals surface area contributed by atoms with E-state index in [1.807, 2.05) is 0 Å². The van der Waals surface area contributed by atoms with E-state index < -0.39 is 5.97 Å². The van der Waals surface area contributed by atoms with Gasteiger partial charge < -0.3 is 15.7 Å². The third-order valence-electron chi connectivity index (χ3n) is 2.97. The fourth-order valence-corrected chi connectivity index (χ4v) is 1.88. The molecule has 1 aliphatic heterocycles. The normalized spacial score (nSPS) is 22.1. The van der Waals surface area contributed by atoms with E-state index in [0.717, 1.165) is 32.4 Å². The van der Waals surface area contributed by atoms with Crippen LogP contribution in [0.25, 0.3) is 0 Å². The van der Waals surface area contributed by atoms with E-state index in [-0.39, 0.29) is 6.42 Å². The van der Waals surface area contributed by atoms with Gasteiger partial charge in [-0.15, -0.1) is 0 Å². The number of carbonyl (C=O) groups is 1. The van der Waals surface area contributed by atoms with Crippen LogP contribution in [0.3, 0.4) is 0 Å². The van der Waals surface area contributed by atoms with Crippen molar-refractivity contribution in [3.8, 4) is 0 Å². The minimum Gasteiger partial charge on any atom is -0.481 e. The highest BCUT2D eigenvalue weighted by molar-refractivity contribution is 5.66. The molecule has 14 heavy (non-hydrogen) atoms. The van der Waals surface area contributed by atoms with Gasteiger partial charge in [0.1, 0.15) is 0 Å². The van der Waals surface area contributed by atoms with Crippen LogP contribution in [0.15, 0.2) is 0 Å². The maximum Gasteiger partial charge on any atom is 0.303 e. The van der Waals surface area contributed by atoms with E-state index in [1.54, 1.807) is 0 Å². The molecule has 0 saturated carbocycles. The van der Waals surface area contributed by atoms with Crippen molar-refractivity contribution in [3.63, 3.8) is 0 Å². The van der Waals surface area contributed by atoms with Crippen molar-refractivity contribution in [2.24, 2.45) is 5.73 Å². The monoisotopic (exact) mass is 200 g/mol. The number of nitrogens with two attached hydrogens (primary N) is 1. The number of nitrogens with zero attached hydrogens (tertiary/aromatic N) is 1. The summed E-state index contributed by atoms with van der Waals surface area (Å²) in [5.41, 5.74) is 5.80. The van der Waals surface area contributed by atoms with Crippen LogP contribution in [0, 0.1) is 0 Å². The van der Waals surface area contributed by atoms with Gasteiger partial charge in [0.25, 0.3) is 0 Å². The van der Waals surface area contributed by atoms with Crippen molar-refractivity contribution in [1.29, 1.82) is 0 Å². The van der Waals surface area contributed by atoms with Crippen molar-refractivity contribution in [3.05, 3.63) is 0 Å². The van der Waals surface area contributed by atoms with Crippen LogP contribution in [0.5, 0.6) is 0 Å². The summed E-state index contributed by atoms with van der Waals surface area (Å²) in [7, 11) is 0. The van der Waals surface area contributed by atoms with E-state index in [2.05, 4.69) is 11.8 Å². The fourth-order valence-electron chi connectivity index (χ4n) is 1.88. The largest absolute Gasteiger partial charge is 0.481 e. The lowest BCUT2D eigenvalue weighted by Gasteiger charge is -2.34. The summed E-state index contributed by atoms with van der Waals surface area (Å²) in [5, 5.41) is 8.56.